The third kappa shape index (κ3) is 4.07. The molecule has 0 fully saturated rings. The van der Waals surface area contributed by atoms with Gasteiger partial charge in [0.05, 0.1) is 13.7 Å². The fourth-order valence-corrected chi connectivity index (χ4v) is 1.36. The Morgan fingerprint density at radius 1 is 1.35 bits per heavy atom. The molecule has 0 aliphatic carbocycles. The van der Waals surface area contributed by atoms with Gasteiger partial charge >= 0.3 is 0 Å². The fourth-order valence-electron chi connectivity index (χ4n) is 1.36. The smallest absolute Gasteiger partial charge is 0.240 e. The zero-order chi connectivity index (χ0) is 12.8. The van der Waals surface area contributed by atoms with Gasteiger partial charge in [-0.1, -0.05) is 13.8 Å². The number of carbonyl (C=O) groups is 1. The van der Waals surface area contributed by atoms with Crippen molar-refractivity contribution in [3.8, 4) is 5.75 Å². The molecule has 0 bridgehead atoms. The van der Waals surface area contributed by atoms with Gasteiger partial charge in [0.25, 0.3) is 0 Å². The first-order valence-electron chi connectivity index (χ1n) is 5.68. The molecule has 17 heavy (non-hydrogen) atoms. The Kier molecular flexibility index (Phi) is 4.97. The van der Waals surface area contributed by atoms with Crippen molar-refractivity contribution in [2.75, 3.05) is 25.6 Å². The molecule has 0 saturated carbocycles. The number of benzene rings is 1. The molecular weight excluding hydrogens is 216 g/mol. The first-order valence-corrected chi connectivity index (χ1v) is 5.68. The number of hydrogen-bond acceptors (Lipinski definition) is 3. The molecule has 0 heterocycles. The van der Waals surface area contributed by atoms with Crippen molar-refractivity contribution in [2.45, 2.75) is 19.9 Å². The maximum absolute atomic E-state index is 11.8. The van der Waals surface area contributed by atoms with E-state index >= 15 is 0 Å². The van der Waals surface area contributed by atoms with Crippen molar-refractivity contribution in [3.63, 3.8) is 0 Å². The summed E-state index contributed by atoms with van der Waals surface area (Å²) in [7, 11) is 3.39. The molecule has 1 aromatic rings. The lowest BCUT2D eigenvalue weighted by Crippen LogP contribution is -2.38. The minimum absolute atomic E-state index is 0.0452. The summed E-state index contributed by atoms with van der Waals surface area (Å²) in [5.41, 5.74) is 0.862. The highest BCUT2D eigenvalue weighted by Gasteiger charge is 2.10. The Bertz CT molecular complexity index is 360. The van der Waals surface area contributed by atoms with Crippen LogP contribution in [0.25, 0.3) is 0 Å². The molecule has 0 saturated heterocycles. The van der Waals surface area contributed by atoms with E-state index in [2.05, 4.69) is 5.32 Å². The van der Waals surface area contributed by atoms with E-state index in [1.807, 2.05) is 38.1 Å². The molecule has 0 unspecified atom stereocenters. The highest BCUT2D eigenvalue weighted by molar-refractivity contribution is 5.94. The van der Waals surface area contributed by atoms with Crippen LogP contribution in [-0.2, 0) is 4.79 Å². The zero-order valence-corrected chi connectivity index (χ0v) is 10.9. The standard InChI is InChI=1S/C13H20N2O2/c1-10(2)14-9-13(16)15(3)11-5-7-12(17-4)8-6-11/h5-8,10,14H,9H2,1-4H3. The number of hydrogen-bond donors (Lipinski definition) is 1. The quantitative estimate of drug-likeness (QED) is 0.845. The number of rotatable bonds is 5. The van der Waals surface area contributed by atoms with Gasteiger partial charge in [-0.05, 0) is 24.3 Å². The summed E-state index contributed by atoms with van der Waals surface area (Å²) in [5.74, 6) is 0.832. The average molecular weight is 236 g/mol. The molecule has 1 aromatic carbocycles. The predicted molar refractivity (Wildman–Crippen MR) is 69.5 cm³/mol. The van der Waals surface area contributed by atoms with Crippen molar-refractivity contribution >= 4 is 11.6 Å². The number of nitrogens with one attached hydrogen (secondary N) is 1. The normalized spacial score (nSPS) is 10.4. The number of amides is 1. The van der Waals surface area contributed by atoms with E-state index < -0.39 is 0 Å². The first kappa shape index (κ1) is 13.5. The van der Waals surface area contributed by atoms with E-state index in [0.717, 1.165) is 11.4 Å². The van der Waals surface area contributed by atoms with Crippen LogP contribution in [0, 0.1) is 0 Å². The Hall–Kier alpha value is -1.55. The fraction of sp³-hybridized carbons (Fsp3) is 0.462. The minimum atomic E-state index is 0.0452. The van der Waals surface area contributed by atoms with Gasteiger partial charge in [-0.3, -0.25) is 4.79 Å². The topological polar surface area (TPSA) is 41.6 Å². The Morgan fingerprint density at radius 3 is 2.41 bits per heavy atom. The van der Waals surface area contributed by atoms with Gasteiger partial charge in [-0.25, -0.2) is 0 Å². The summed E-state index contributed by atoms with van der Waals surface area (Å²) in [6.45, 7) is 4.38. The van der Waals surface area contributed by atoms with Crippen LogP contribution < -0.4 is 15.0 Å². The van der Waals surface area contributed by atoms with Crippen LogP contribution >= 0.6 is 0 Å². The van der Waals surface area contributed by atoms with Gasteiger partial charge in [0, 0.05) is 18.8 Å². The summed E-state index contributed by atoms with van der Waals surface area (Å²) >= 11 is 0. The SMILES string of the molecule is COc1ccc(N(C)C(=O)CNC(C)C)cc1. The van der Waals surface area contributed by atoms with Crippen LogP contribution in [0.15, 0.2) is 24.3 Å². The number of nitrogens with zero attached hydrogens (tertiary/aromatic N) is 1. The lowest BCUT2D eigenvalue weighted by Gasteiger charge is -2.18. The molecule has 1 amide bonds. The van der Waals surface area contributed by atoms with E-state index in [0.29, 0.717) is 12.6 Å². The van der Waals surface area contributed by atoms with E-state index in [9.17, 15) is 4.79 Å². The molecule has 0 atom stereocenters. The third-order valence-corrected chi connectivity index (χ3v) is 2.50. The van der Waals surface area contributed by atoms with Crippen molar-refractivity contribution in [2.24, 2.45) is 0 Å². The van der Waals surface area contributed by atoms with E-state index in [4.69, 9.17) is 4.74 Å². The van der Waals surface area contributed by atoms with Crippen LogP contribution in [0.3, 0.4) is 0 Å². The van der Waals surface area contributed by atoms with Crippen LogP contribution in [0.1, 0.15) is 13.8 Å². The van der Waals surface area contributed by atoms with Crippen LogP contribution in [0.5, 0.6) is 5.75 Å². The van der Waals surface area contributed by atoms with Gasteiger partial charge in [0.15, 0.2) is 0 Å². The molecule has 0 spiro atoms. The summed E-state index contributed by atoms with van der Waals surface area (Å²) < 4.78 is 5.07. The number of methoxy groups -OCH3 is 1. The molecule has 94 valence electrons. The highest BCUT2D eigenvalue weighted by Crippen LogP contribution is 2.17. The predicted octanol–water partition coefficient (Wildman–Crippen LogP) is 1.66. The molecule has 4 nitrogen and oxygen atoms in total. The Morgan fingerprint density at radius 2 is 1.94 bits per heavy atom. The number of anilines is 1. The maximum atomic E-state index is 11.8. The maximum Gasteiger partial charge on any atom is 0.240 e. The van der Waals surface area contributed by atoms with Crippen molar-refractivity contribution in [1.29, 1.82) is 0 Å². The van der Waals surface area contributed by atoms with Crippen LogP contribution in [-0.4, -0.2) is 32.7 Å². The van der Waals surface area contributed by atoms with E-state index in [1.54, 1.807) is 19.1 Å². The van der Waals surface area contributed by atoms with Crippen molar-refractivity contribution < 1.29 is 9.53 Å². The largest absolute Gasteiger partial charge is 0.497 e. The summed E-state index contributed by atoms with van der Waals surface area (Å²) in [6, 6.07) is 7.73. The number of likely N-dealkylation sites (N-methyl/N-ethyl adjacent to an activating group) is 1. The highest BCUT2D eigenvalue weighted by atomic mass is 16.5. The lowest BCUT2D eigenvalue weighted by molar-refractivity contribution is -0.117. The molecule has 4 heteroatoms. The molecule has 1 rings (SSSR count). The second-order valence-corrected chi connectivity index (χ2v) is 4.19. The average Bonchev–Trinajstić information content (AvgIpc) is 2.35. The second-order valence-electron chi connectivity index (χ2n) is 4.19. The third-order valence-electron chi connectivity index (χ3n) is 2.50. The first-order chi connectivity index (χ1) is 8.04. The van der Waals surface area contributed by atoms with Gasteiger partial charge in [0.2, 0.25) is 5.91 Å². The van der Waals surface area contributed by atoms with Crippen molar-refractivity contribution in [3.05, 3.63) is 24.3 Å². The van der Waals surface area contributed by atoms with Gasteiger partial charge < -0.3 is 15.0 Å². The second kappa shape index (κ2) is 6.25. The van der Waals surface area contributed by atoms with Crippen molar-refractivity contribution in [1.82, 2.24) is 5.32 Å². The van der Waals surface area contributed by atoms with Gasteiger partial charge in [-0.15, -0.1) is 0 Å². The molecule has 1 N–H and O–H groups in total. The molecule has 0 radical (unpaired) electrons. The molecular formula is C13H20N2O2. The summed E-state index contributed by atoms with van der Waals surface area (Å²) in [5, 5.41) is 3.10. The summed E-state index contributed by atoms with van der Waals surface area (Å²) in [4.78, 5) is 13.5. The van der Waals surface area contributed by atoms with Gasteiger partial charge in [0.1, 0.15) is 5.75 Å². The summed E-state index contributed by atoms with van der Waals surface area (Å²) in [6.07, 6.45) is 0. The minimum Gasteiger partial charge on any atom is -0.497 e. The van der Waals surface area contributed by atoms with Crippen LogP contribution in [0.4, 0.5) is 5.69 Å². The lowest BCUT2D eigenvalue weighted by atomic mass is 10.2. The number of ether oxygens (including phenoxy) is 1. The number of carbonyl (C=O) groups excluding carboxylic acids is 1. The van der Waals surface area contributed by atoms with Gasteiger partial charge in [-0.2, -0.15) is 0 Å². The zero-order valence-electron chi connectivity index (χ0n) is 10.9. The Labute approximate surface area is 103 Å². The van der Waals surface area contributed by atoms with E-state index in [-0.39, 0.29) is 5.91 Å². The van der Waals surface area contributed by atoms with E-state index in [1.165, 1.54) is 0 Å². The monoisotopic (exact) mass is 236 g/mol. The van der Waals surface area contributed by atoms with Crippen LogP contribution in [0.2, 0.25) is 0 Å². The Balaban J connectivity index is 2.61. The molecule has 0 aromatic heterocycles. The molecule has 0 aliphatic heterocycles. The molecule has 0 aliphatic rings.